The van der Waals surface area contributed by atoms with E-state index in [9.17, 15) is 18.8 Å². The number of imide groups is 1. The molecule has 0 bridgehead atoms. The third-order valence-electron chi connectivity index (χ3n) is 2.70. The van der Waals surface area contributed by atoms with Gasteiger partial charge >= 0.3 is 12.0 Å². The van der Waals surface area contributed by atoms with Crippen molar-refractivity contribution in [3.8, 4) is 0 Å². The molecule has 23 heavy (non-hydrogen) atoms. The topological polar surface area (TPSA) is 84.5 Å². The van der Waals surface area contributed by atoms with Gasteiger partial charge in [-0.1, -0.05) is 18.2 Å². The Balaban J connectivity index is 2.50. The number of nitrogens with one attached hydrogen (secondary N) is 2. The molecule has 126 valence electrons. The lowest BCUT2D eigenvalue weighted by molar-refractivity contribution is -0.153. The molecule has 3 amide bonds. The number of hydrogen-bond acceptors (Lipinski definition) is 4. The highest BCUT2D eigenvalue weighted by atomic mass is 19.1. The van der Waals surface area contributed by atoms with Gasteiger partial charge < -0.3 is 10.1 Å². The summed E-state index contributed by atoms with van der Waals surface area (Å²) in [4.78, 5) is 35.1. The van der Waals surface area contributed by atoms with E-state index in [2.05, 4.69) is 10.6 Å². The molecule has 0 aliphatic carbocycles. The highest BCUT2D eigenvalue weighted by molar-refractivity contribution is 5.97. The van der Waals surface area contributed by atoms with Gasteiger partial charge in [0, 0.05) is 5.54 Å². The number of amides is 3. The Kier molecular flexibility index (Phi) is 6.24. The van der Waals surface area contributed by atoms with Crippen molar-refractivity contribution >= 4 is 17.9 Å². The predicted molar refractivity (Wildman–Crippen MR) is 82.1 cm³/mol. The van der Waals surface area contributed by atoms with Crippen molar-refractivity contribution in [3.05, 3.63) is 35.6 Å². The van der Waals surface area contributed by atoms with E-state index in [-0.39, 0.29) is 12.0 Å². The smallest absolute Gasteiger partial charge is 0.321 e. The van der Waals surface area contributed by atoms with E-state index < -0.39 is 35.4 Å². The SMILES string of the molecule is C[C@@H](OC(=O)Cc1ccccc1F)C(=O)NC(=O)NC(C)(C)C. The molecule has 0 heterocycles. The van der Waals surface area contributed by atoms with Crippen molar-refractivity contribution in [1.29, 1.82) is 0 Å². The van der Waals surface area contributed by atoms with E-state index in [0.29, 0.717) is 0 Å². The number of carbonyl (C=O) groups is 3. The maximum absolute atomic E-state index is 13.4. The summed E-state index contributed by atoms with van der Waals surface area (Å²) in [6.07, 6.45) is -1.46. The van der Waals surface area contributed by atoms with E-state index >= 15 is 0 Å². The Morgan fingerprint density at radius 2 is 1.83 bits per heavy atom. The number of benzene rings is 1. The van der Waals surface area contributed by atoms with Crippen LogP contribution in [0, 0.1) is 5.82 Å². The molecule has 0 saturated heterocycles. The molecule has 1 atom stereocenters. The number of halogens is 1. The third kappa shape index (κ3) is 6.90. The molecule has 0 fully saturated rings. The largest absolute Gasteiger partial charge is 0.452 e. The average molecular weight is 324 g/mol. The summed E-state index contributed by atoms with van der Waals surface area (Å²) in [6.45, 7) is 6.61. The second-order valence-electron chi connectivity index (χ2n) is 6.09. The standard InChI is InChI=1S/C16H21FN2O4/c1-10(14(21)18-15(22)19-16(2,3)4)23-13(20)9-11-7-5-6-8-12(11)17/h5-8,10H,9H2,1-4H3,(H2,18,19,21,22)/t10-/m1/s1. The first-order valence-electron chi connectivity index (χ1n) is 7.14. The lowest BCUT2D eigenvalue weighted by Crippen LogP contribution is -2.50. The molecule has 7 heteroatoms. The highest BCUT2D eigenvalue weighted by Crippen LogP contribution is 2.08. The van der Waals surface area contributed by atoms with Crippen LogP contribution in [0.3, 0.4) is 0 Å². The molecular weight excluding hydrogens is 303 g/mol. The van der Waals surface area contributed by atoms with Crippen LogP contribution < -0.4 is 10.6 Å². The Labute approximate surface area is 134 Å². The first-order valence-corrected chi connectivity index (χ1v) is 7.14. The minimum atomic E-state index is -1.17. The molecule has 0 aliphatic heterocycles. The average Bonchev–Trinajstić information content (AvgIpc) is 2.38. The van der Waals surface area contributed by atoms with E-state index in [0.717, 1.165) is 0 Å². The fourth-order valence-electron chi connectivity index (χ4n) is 1.67. The van der Waals surface area contributed by atoms with Crippen LogP contribution in [-0.4, -0.2) is 29.6 Å². The van der Waals surface area contributed by atoms with Gasteiger partial charge in [0.1, 0.15) is 5.82 Å². The van der Waals surface area contributed by atoms with E-state index in [1.54, 1.807) is 26.8 Å². The zero-order valence-electron chi connectivity index (χ0n) is 13.6. The molecule has 0 spiro atoms. The quantitative estimate of drug-likeness (QED) is 0.829. The van der Waals surface area contributed by atoms with Crippen molar-refractivity contribution in [2.75, 3.05) is 0 Å². The fourth-order valence-corrected chi connectivity index (χ4v) is 1.67. The molecule has 0 unspecified atom stereocenters. The molecule has 6 nitrogen and oxygen atoms in total. The molecule has 0 saturated carbocycles. The Hall–Kier alpha value is -2.44. The van der Waals surface area contributed by atoms with E-state index in [1.807, 2.05) is 0 Å². The van der Waals surface area contributed by atoms with Crippen LogP contribution in [-0.2, 0) is 20.7 Å². The van der Waals surface area contributed by atoms with Crippen molar-refractivity contribution in [2.45, 2.75) is 45.8 Å². The zero-order chi connectivity index (χ0) is 17.6. The van der Waals surface area contributed by atoms with Crippen molar-refractivity contribution in [1.82, 2.24) is 10.6 Å². The summed E-state index contributed by atoms with van der Waals surface area (Å²) in [5, 5.41) is 4.62. The lowest BCUT2D eigenvalue weighted by atomic mass is 10.1. The van der Waals surface area contributed by atoms with Crippen LogP contribution in [0.5, 0.6) is 0 Å². The summed E-state index contributed by atoms with van der Waals surface area (Å²) < 4.78 is 18.3. The first kappa shape index (κ1) is 18.6. The van der Waals surface area contributed by atoms with Gasteiger partial charge in [-0.05, 0) is 39.3 Å². The normalized spacial score (nSPS) is 12.2. The van der Waals surface area contributed by atoms with Crippen LogP contribution in [0.25, 0.3) is 0 Å². The van der Waals surface area contributed by atoms with E-state index in [4.69, 9.17) is 4.74 Å². The number of esters is 1. The van der Waals surface area contributed by atoms with Crippen molar-refractivity contribution < 1.29 is 23.5 Å². The first-order chi connectivity index (χ1) is 10.6. The monoisotopic (exact) mass is 324 g/mol. The predicted octanol–water partition coefficient (Wildman–Crippen LogP) is 1.92. The number of carbonyl (C=O) groups excluding carboxylic acids is 3. The van der Waals surface area contributed by atoms with Gasteiger partial charge in [-0.15, -0.1) is 0 Å². The van der Waals surface area contributed by atoms with E-state index in [1.165, 1.54) is 25.1 Å². The second-order valence-corrected chi connectivity index (χ2v) is 6.09. The minimum Gasteiger partial charge on any atom is -0.452 e. The van der Waals surface area contributed by atoms with Crippen LogP contribution in [0.1, 0.15) is 33.3 Å². The summed E-state index contributed by atoms with van der Waals surface area (Å²) >= 11 is 0. The van der Waals surface area contributed by atoms with Gasteiger partial charge in [-0.3, -0.25) is 14.9 Å². The van der Waals surface area contributed by atoms with Crippen LogP contribution in [0.2, 0.25) is 0 Å². The molecule has 2 N–H and O–H groups in total. The van der Waals surface area contributed by atoms with Gasteiger partial charge in [-0.25, -0.2) is 9.18 Å². The minimum absolute atomic E-state index is 0.176. The summed E-state index contributed by atoms with van der Waals surface area (Å²) in [6, 6.07) is 5.11. The van der Waals surface area contributed by atoms with Crippen LogP contribution in [0.4, 0.5) is 9.18 Å². The number of rotatable bonds is 4. The Bertz CT molecular complexity index is 596. The lowest BCUT2D eigenvalue weighted by Gasteiger charge is -2.21. The Morgan fingerprint density at radius 3 is 2.39 bits per heavy atom. The molecule has 1 rings (SSSR count). The van der Waals surface area contributed by atoms with Gasteiger partial charge in [-0.2, -0.15) is 0 Å². The third-order valence-corrected chi connectivity index (χ3v) is 2.70. The maximum atomic E-state index is 13.4. The van der Waals surface area contributed by atoms with Gasteiger partial charge in [0.2, 0.25) is 0 Å². The van der Waals surface area contributed by atoms with Gasteiger partial charge in [0.15, 0.2) is 6.10 Å². The zero-order valence-corrected chi connectivity index (χ0v) is 13.6. The highest BCUT2D eigenvalue weighted by Gasteiger charge is 2.22. The van der Waals surface area contributed by atoms with Crippen molar-refractivity contribution in [3.63, 3.8) is 0 Å². The fraction of sp³-hybridized carbons (Fsp3) is 0.438. The van der Waals surface area contributed by atoms with Gasteiger partial charge in [0.05, 0.1) is 6.42 Å². The molecule has 1 aromatic carbocycles. The molecule has 0 aliphatic rings. The second kappa shape index (κ2) is 7.71. The number of ether oxygens (including phenoxy) is 1. The van der Waals surface area contributed by atoms with Crippen LogP contribution >= 0.6 is 0 Å². The summed E-state index contributed by atoms with van der Waals surface area (Å²) in [7, 11) is 0. The molecule has 0 aromatic heterocycles. The molecule has 0 radical (unpaired) electrons. The summed E-state index contributed by atoms with van der Waals surface area (Å²) in [5.74, 6) is -2.03. The summed E-state index contributed by atoms with van der Waals surface area (Å²) in [5.41, 5.74) is -0.328. The Morgan fingerprint density at radius 1 is 1.22 bits per heavy atom. The van der Waals surface area contributed by atoms with Crippen molar-refractivity contribution in [2.24, 2.45) is 0 Å². The van der Waals surface area contributed by atoms with Gasteiger partial charge in [0.25, 0.3) is 5.91 Å². The molecule has 1 aromatic rings. The maximum Gasteiger partial charge on any atom is 0.321 e. The van der Waals surface area contributed by atoms with Crippen LogP contribution in [0.15, 0.2) is 24.3 Å². The molecular formula is C16H21FN2O4. The number of urea groups is 1. The number of hydrogen-bond donors (Lipinski definition) is 2.